The summed E-state index contributed by atoms with van der Waals surface area (Å²) in [5, 5.41) is 4.39. The number of piperazine rings is 1. The van der Waals surface area contributed by atoms with Crippen molar-refractivity contribution in [3.05, 3.63) is 59.6 Å². The van der Waals surface area contributed by atoms with Crippen LogP contribution in [0.5, 0.6) is 5.75 Å². The highest BCUT2D eigenvalue weighted by Crippen LogP contribution is 2.30. The Morgan fingerprint density at radius 1 is 0.966 bits per heavy atom. The van der Waals surface area contributed by atoms with Crippen LogP contribution >= 0.6 is 22.7 Å². The van der Waals surface area contributed by atoms with E-state index in [0.29, 0.717) is 0 Å². The van der Waals surface area contributed by atoms with Crippen molar-refractivity contribution in [3.63, 3.8) is 0 Å². The maximum Gasteiger partial charge on any atom is 0.186 e. The SMILES string of the molecule is COc1ccc(-c2nc(CN3CCN(c4nc5ccccc5s4)CC3)cs2)cc1. The summed E-state index contributed by atoms with van der Waals surface area (Å²) in [6.45, 7) is 4.99. The molecule has 7 heteroatoms. The molecule has 2 aromatic heterocycles. The second kappa shape index (κ2) is 8.10. The zero-order chi connectivity index (χ0) is 19.6. The molecule has 0 spiro atoms. The van der Waals surface area contributed by atoms with Gasteiger partial charge >= 0.3 is 0 Å². The third-order valence-electron chi connectivity index (χ3n) is 5.20. The van der Waals surface area contributed by atoms with E-state index in [4.69, 9.17) is 14.7 Å². The number of methoxy groups -OCH3 is 1. The molecule has 0 atom stereocenters. The van der Waals surface area contributed by atoms with Crippen LogP contribution in [0.15, 0.2) is 53.9 Å². The van der Waals surface area contributed by atoms with Gasteiger partial charge in [0.05, 0.1) is 23.0 Å². The lowest BCUT2D eigenvalue weighted by Crippen LogP contribution is -2.46. The summed E-state index contributed by atoms with van der Waals surface area (Å²) >= 11 is 3.50. The summed E-state index contributed by atoms with van der Waals surface area (Å²) in [5.74, 6) is 0.872. The predicted octanol–water partition coefficient (Wildman–Crippen LogP) is 4.75. The topological polar surface area (TPSA) is 41.5 Å². The first-order valence-electron chi connectivity index (χ1n) is 9.70. The zero-order valence-electron chi connectivity index (χ0n) is 16.2. The molecular weight excluding hydrogens is 400 g/mol. The molecule has 0 unspecified atom stereocenters. The third kappa shape index (κ3) is 3.99. The summed E-state index contributed by atoms with van der Waals surface area (Å²) in [4.78, 5) is 14.5. The molecular formula is C22H22N4OS2. The summed E-state index contributed by atoms with van der Waals surface area (Å²) in [7, 11) is 1.69. The van der Waals surface area contributed by atoms with E-state index in [9.17, 15) is 0 Å². The fourth-order valence-corrected chi connectivity index (χ4v) is 5.40. The maximum atomic E-state index is 5.24. The Bertz CT molecular complexity index is 1060. The van der Waals surface area contributed by atoms with Crippen LogP contribution in [0.25, 0.3) is 20.8 Å². The minimum atomic E-state index is 0.872. The molecule has 3 heterocycles. The number of anilines is 1. The van der Waals surface area contributed by atoms with Gasteiger partial charge < -0.3 is 9.64 Å². The molecule has 148 valence electrons. The van der Waals surface area contributed by atoms with Gasteiger partial charge in [0.1, 0.15) is 10.8 Å². The van der Waals surface area contributed by atoms with Crippen LogP contribution in [0.2, 0.25) is 0 Å². The Morgan fingerprint density at radius 2 is 1.76 bits per heavy atom. The van der Waals surface area contributed by atoms with Crippen LogP contribution in [0.4, 0.5) is 5.13 Å². The van der Waals surface area contributed by atoms with E-state index >= 15 is 0 Å². The van der Waals surface area contributed by atoms with Crippen molar-refractivity contribution in [2.75, 3.05) is 38.2 Å². The molecule has 1 aliphatic heterocycles. The van der Waals surface area contributed by atoms with Crippen LogP contribution in [-0.2, 0) is 6.54 Å². The fraction of sp³-hybridized carbons (Fsp3) is 0.273. The Hall–Kier alpha value is -2.48. The zero-order valence-corrected chi connectivity index (χ0v) is 17.9. The maximum absolute atomic E-state index is 5.24. The average Bonchev–Trinajstić information content (AvgIpc) is 3.41. The van der Waals surface area contributed by atoms with Gasteiger partial charge in [0.25, 0.3) is 0 Å². The van der Waals surface area contributed by atoms with Gasteiger partial charge in [-0.05, 0) is 36.4 Å². The molecule has 29 heavy (non-hydrogen) atoms. The molecule has 0 N–H and O–H groups in total. The molecule has 1 fully saturated rings. The smallest absolute Gasteiger partial charge is 0.186 e. The number of nitrogens with zero attached hydrogens (tertiary/aromatic N) is 4. The lowest BCUT2D eigenvalue weighted by Gasteiger charge is -2.34. The molecule has 4 aromatic rings. The lowest BCUT2D eigenvalue weighted by atomic mass is 10.2. The number of para-hydroxylation sites is 1. The van der Waals surface area contributed by atoms with Crippen LogP contribution < -0.4 is 9.64 Å². The summed E-state index contributed by atoms with van der Waals surface area (Å²) in [6, 6.07) is 16.5. The number of thiazole rings is 2. The van der Waals surface area contributed by atoms with Crippen LogP contribution in [0, 0.1) is 0 Å². The standard InChI is InChI=1S/C22H22N4OS2/c1-27-18-8-6-16(7-9-18)21-23-17(15-28-21)14-25-10-12-26(13-11-25)22-24-19-4-2-3-5-20(19)29-22/h2-9,15H,10-14H2,1H3. The molecule has 0 aliphatic carbocycles. The predicted molar refractivity (Wildman–Crippen MR) is 121 cm³/mol. The molecule has 2 aromatic carbocycles. The van der Waals surface area contributed by atoms with Gasteiger partial charge in [-0.25, -0.2) is 9.97 Å². The summed E-state index contributed by atoms with van der Waals surface area (Å²) in [6.07, 6.45) is 0. The first-order valence-corrected chi connectivity index (χ1v) is 11.4. The Kier molecular flexibility index (Phi) is 5.18. The number of rotatable bonds is 5. The first kappa shape index (κ1) is 18.5. The van der Waals surface area contributed by atoms with Gasteiger partial charge in [-0.15, -0.1) is 11.3 Å². The molecule has 5 nitrogen and oxygen atoms in total. The summed E-state index contributed by atoms with van der Waals surface area (Å²) in [5.41, 5.74) is 3.39. The van der Waals surface area contributed by atoms with Crippen LogP contribution in [-0.4, -0.2) is 48.2 Å². The van der Waals surface area contributed by atoms with E-state index in [2.05, 4.69) is 51.6 Å². The monoisotopic (exact) mass is 422 g/mol. The highest BCUT2D eigenvalue weighted by atomic mass is 32.1. The van der Waals surface area contributed by atoms with Crippen molar-refractivity contribution < 1.29 is 4.74 Å². The van der Waals surface area contributed by atoms with Crippen molar-refractivity contribution >= 4 is 38.0 Å². The number of aromatic nitrogens is 2. The van der Waals surface area contributed by atoms with E-state index in [1.54, 1.807) is 29.8 Å². The first-order chi connectivity index (χ1) is 14.3. The number of fused-ring (bicyclic) bond motifs is 1. The third-order valence-corrected chi connectivity index (χ3v) is 7.24. The molecule has 1 saturated heterocycles. The Morgan fingerprint density at radius 3 is 2.52 bits per heavy atom. The number of benzene rings is 2. The van der Waals surface area contributed by atoms with Crippen LogP contribution in [0.3, 0.4) is 0 Å². The number of hydrogen-bond acceptors (Lipinski definition) is 7. The second-order valence-electron chi connectivity index (χ2n) is 7.10. The number of ether oxygens (including phenoxy) is 1. The molecule has 0 saturated carbocycles. The highest BCUT2D eigenvalue weighted by Gasteiger charge is 2.20. The lowest BCUT2D eigenvalue weighted by molar-refractivity contribution is 0.247. The van der Waals surface area contributed by atoms with E-state index in [0.717, 1.165) is 65.4 Å². The Labute approximate surface area is 178 Å². The molecule has 1 aliphatic rings. The van der Waals surface area contributed by atoms with Crippen LogP contribution in [0.1, 0.15) is 5.69 Å². The van der Waals surface area contributed by atoms with Gasteiger partial charge in [0.15, 0.2) is 5.13 Å². The van der Waals surface area contributed by atoms with Crippen molar-refractivity contribution in [1.29, 1.82) is 0 Å². The minimum absolute atomic E-state index is 0.872. The summed E-state index contributed by atoms with van der Waals surface area (Å²) < 4.78 is 6.50. The average molecular weight is 423 g/mol. The van der Waals surface area contributed by atoms with E-state index < -0.39 is 0 Å². The fourth-order valence-electron chi connectivity index (χ4n) is 3.57. The highest BCUT2D eigenvalue weighted by molar-refractivity contribution is 7.22. The largest absolute Gasteiger partial charge is 0.497 e. The van der Waals surface area contributed by atoms with E-state index in [-0.39, 0.29) is 0 Å². The van der Waals surface area contributed by atoms with Gasteiger partial charge in [-0.1, -0.05) is 23.5 Å². The molecule has 5 rings (SSSR count). The second-order valence-corrected chi connectivity index (χ2v) is 8.97. The molecule has 0 radical (unpaired) electrons. The van der Waals surface area contributed by atoms with Crippen molar-refractivity contribution in [2.45, 2.75) is 6.54 Å². The van der Waals surface area contributed by atoms with Gasteiger partial charge in [-0.3, -0.25) is 4.90 Å². The van der Waals surface area contributed by atoms with E-state index in [1.807, 2.05) is 12.1 Å². The van der Waals surface area contributed by atoms with E-state index in [1.165, 1.54) is 4.70 Å². The van der Waals surface area contributed by atoms with Crippen molar-refractivity contribution in [2.24, 2.45) is 0 Å². The molecule has 0 bridgehead atoms. The van der Waals surface area contributed by atoms with Gasteiger partial charge in [0.2, 0.25) is 0 Å². The Balaban J connectivity index is 1.20. The van der Waals surface area contributed by atoms with Gasteiger partial charge in [0, 0.05) is 43.7 Å². The molecule has 0 amide bonds. The normalized spacial score (nSPS) is 15.1. The minimum Gasteiger partial charge on any atom is -0.497 e. The van der Waals surface area contributed by atoms with Crippen molar-refractivity contribution in [3.8, 4) is 16.3 Å². The van der Waals surface area contributed by atoms with Gasteiger partial charge in [-0.2, -0.15) is 0 Å². The van der Waals surface area contributed by atoms with Crippen molar-refractivity contribution in [1.82, 2.24) is 14.9 Å². The quantitative estimate of drug-likeness (QED) is 0.464. The number of hydrogen-bond donors (Lipinski definition) is 0.